The molecule has 3 N–H and O–H groups in total. The van der Waals surface area contributed by atoms with Crippen LogP contribution in [0.3, 0.4) is 0 Å². The number of benzene rings is 2. The van der Waals surface area contributed by atoms with Gasteiger partial charge in [0.05, 0.1) is 6.54 Å². The number of rotatable bonds is 3. The lowest BCUT2D eigenvalue weighted by Gasteiger charge is -2.04. The zero-order valence-corrected chi connectivity index (χ0v) is 12.1. The average Bonchev–Trinajstić information content (AvgIpc) is 2.55. The van der Waals surface area contributed by atoms with Crippen molar-refractivity contribution in [3.63, 3.8) is 0 Å². The molecule has 2 aromatic rings. The Bertz CT molecular complexity index is 729. The topological polar surface area (TPSA) is 64.3 Å². The number of amides is 1. The Morgan fingerprint density at radius 3 is 2.48 bits per heavy atom. The lowest BCUT2D eigenvalue weighted by molar-refractivity contribution is 0.141. The molecular weight excluding hydrogens is 302 g/mol. The molecule has 2 aromatic carbocycles. The van der Waals surface area contributed by atoms with Gasteiger partial charge in [-0.1, -0.05) is 42.2 Å². The van der Waals surface area contributed by atoms with Crippen LogP contribution in [0.4, 0.5) is 19.3 Å². The van der Waals surface area contributed by atoms with E-state index in [1.54, 1.807) is 0 Å². The zero-order chi connectivity index (χ0) is 16.7. The SMILES string of the molecule is Nc1c(F)cc(C#CCNC(=O)OCc2ccccc2)cc1F. The van der Waals surface area contributed by atoms with Crippen LogP contribution in [0.25, 0.3) is 0 Å². The van der Waals surface area contributed by atoms with Crippen molar-refractivity contribution in [3.05, 3.63) is 65.2 Å². The molecule has 4 nitrogen and oxygen atoms in total. The molecule has 23 heavy (non-hydrogen) atoms. The van der Waals surface area contributed by atoms with E-state index in [0.717, 1.165) is 17.7 Å². The molecule has 0 fully saturated rings. The van der Waals surface area contributed by atoms with Crippen molar-refractivity contribution in [1.82, 2.24) is 5.32 Å². The predicted molar refractivity (Wildman–Crippen MR) is 82.3 cm³/mol. The summed E-state index contributed by atoms with van der Waals surface area (Å²) < 4.78 is 31.4. The van der Waals surface area contributed by atoms with E-state index in [2.05, 4.69) is 17.2 Å². The van der Waals surface area contributed by atoms with Gasteiger partial charge in [0.15, 0.2) is 0 Å². The molecule has 0 bridgehead atoms. The monoisotopic (exact) mass is 316 g/mol. The van der Waals surface area contributed by atoms with Crippen LogP contribution in [-0.4, -0.2) is 12.6 Å². The van der Waals surface area contributed by atoms with Gasteiger partial charge in [0.25, 0.3) is 0 Å². The second kappa shape index (κ2) is 7.80. The van der Waals surface area contributed by atoms with Crippen LogP contribution in [0.2, 0.25) is 0 Å². The van der Waals surface area contributed by atoms with E-state index in [1.807, 2.05) is 30.3 Å². The van der Waals surface area contributed by atoms with E-state index >= 15 is 0 Å². The minimum Gasteiger partial charge on any atom is -0.445 e. The van der Waals surface area contributed by atoms with Crippen LogP contribution >= 0.6 is 0 Å². The van der Waals surface area contributed by atoms with Gasteiger partial charge in [-0.05, 0) is 17.7 Å². The van der Waals surface area contributed by atoms with Gasteiger partial charge in [-0.25, -0.2) is 13.6 Å². The second-order valence-corrected chi connectivity index (χ2v) is 4.57. The van der Waals surface area contributed by atoms with Crippen LogP contribution in [0.1, 0.15) is 11.1 Å². The van der Waals surface area contributed by atoms with Gasteiger partial charge in [-0.15, -0.1) is 0 Å². The van der Waals surface area contributed by atoms with Crippen LogP contribution in [0.15, 0.2) is 42.5 Å². The number of hydrogen-bond acceptors (Lipinski definition) is 3. The van der Waals surface area contributed by atoms with Crippen molar-refractivity contribution in [2.75, 3.05) is 12.3 Å². The number of alkyl carbamates (subject to hydrolysis) is 1. The lowest BCUT2D eigenvalue weighted by Crippen LogP contribution is -2.24. The third-order valence-electron chi connectivity index (χ3n) is 2.85. The van der Waals surface area contributed by atoms with E-state index in [1.165, 1.54) is 0 Å². The maximum atomic E-state index is 13.2. The molecular formula is C17H14F2N2O2. The summed E-state index contributed by atoms with van der Waals surface area (Å²) in [6.07, 6.45) is -0.627. The molecule has 2 rings (SSSR count). The van der Waals surface area contributed by atoms with Crippen LogP contribution in [0, 0.1) is 23.5 Å². The summed E-state index contributed by atoms with van der Waals surface area (Å²) in [5.41, 5.74) is 5.61. The Labute approximate surface area is 132 Å². The normalized spacial score (nSPS) is 9.65. The van der Waals surface area contributed by atoms with E-state index in [9.17, 15) is 13.6 Å². The van der Waals surface area contributed by atoms with Gasteiger partial charge >= 0.3 is 6.09 Å². The smallest absolute Gasteiger partial charge is 0.408 e. The van der Waals surface area contributed by atoms with Gasteiger partial charge in [0, 0.05) is 5.56 Å². The van der Waals surface area contributed by atoms with Crippen LogP contribution in [0.5, 0.6) is 0 Å². The number of halogens is 2. The number of anilines is 1. The molecule has 0 aliphatic heterocycles. The van der Waals surface area contributed by atoms with Crippen molar-refractivity contribution >= 4 is 11.8 Å². The largest absolute Gasteiger partial charge is 0.445 e. The molecule has 118 valence electrons. The number of nitrogen functional groups attached to an aromatic ring is 1. The first-order valence-corrected chi connectivity index (χ1v) is 6.74. The molecule has 0 atom stereocenters. The summed E-state index contributed by atoms with van der Waals surface area (Å²) in [6, 6.07) is 11.3. The standard InChI is InChI=1S/C17H14F2N2O2/c18-14-9-13(10-15(19)16(14)20)7-4-8-21-17(22)23-11-12-5-2-1-3-6-12/h1-3,5-6,9-10H,8,11,20H2,(H,21,22). The quantitative estimate of drug-likeness (QED) is 0.676. The maximum Gasteiger partial charge on any atom is 0.408 e. The third-order valence-corrected chi connectivity index (χ3v) is 2.85. The third kappa shape index (κ3) is 5.00. The van der Waals surface area contributed by atoms with E-state index in [0.29, 0.717) is 0 Å². The molecule has 0 aliphatic carbocycles. The van der Waals surface area contributed by atoms with Crippen LogP contribution < -0.4 is 11.1 Å². The lowest BCUT2D eigenvalue weighted by atomic mass is 10.2. The van der Waals surface area contributed by atoms with Gasteiger partial charge in [-0.3, -0.25) is 0 Å². The van der Waals surface area contributed by atoms with E-state index < -0.39 is 23.4 Å². The molecule has 0 heterocycles. The summed E-state index contributed by atoms with van der Waals surface area (Å²) in [7, 11) is 0. The van der Waals surface area contributed by atoms with Gasteiger partial charge in [-0.2, -0.15) is 0 Å². The Kier molecular flexibility index (Phi) is 5.53. The number of hydrogen-bond donors (Lipinski definition) is 2. The molecule has 1 amide bonds. The first-order chi connectivity index (χ1) is 11.1. The minimum atomic E-state index is -0.871. The van der Waals surface area contributed by atoms with Crippen molar-refractivity contribution in [1.29, 1.82) is 0 Å². The highest BCUT2D eigenvalue weighted by molar-refractivity contribution is 5.67. The number of carbonyl (C=O) groups is 1. The van der Waals surface area contributed by atoms with Crippen molar-refractivity contribution in [2.24, 2.45) is 0 Å². The fourth-order valence-corrected chi connectivity index (χ4v) is 1.69. The second-order valence-electron chi connectivity index (χ2n) is 4.57. The van der Waals surface area contributed by atoms with Crippen molar-refractivity contribution in [2.45, 2.75) is 6.61 Å². The number of nitrogens with two attached hydrogens (primary N) is 1. The molecule has 0 saturated carbocycles. The first kappa shape index (κ1) is 16.3. The Balaban J connectivity index is 1.80. The highest BCUT2D eigenvalue weighted by Gasteiger charge is 2.06. The Morgan fingerprint density at radius 1 is 1.17 bits per heavy atom. The first-order valence-electron chi connectivity index (χ1n) is 6.74. The molecule has 0 saturated heterocycles. The number of nitrogens with one attached hydrogen (secondary N) is 1. The molecule has 0 spiro atoms. The summed E-state index contributed by atoms with van der Waals surface area (Å²) >= 11 is 0. The highest BCUT2D eigenvalue weighted by atomic mass is 19.1. The molecule has 0 aromatic heterocycles. The maximum absolute atomic E-state index is 13.2. The highest BCUT2D eigenvalue weighted by Crippen LogP contribution is 2.16. The summed E-state index contributed by atoms with van der Waals surface area (Å²) in [5.74, 6) is 3.35. The fourth-order valence-electron chi connectivity index (χ4n) is 1.69. The molecule has 6 heteroatoms. The average molecular weight is 316 g/mol. The number of ether oxygens (including phenoxy) is 1. The van der Waals surface area contributed by atoms with Crippen LogP contribution in [-0.2, 0) is 11.3 Å². The molecule has 0 aliphatic rings. The Hall–Kier alpha value is -3.07. The zero-order valence-electron chi connectivity index (χ0n) is 12.1. The molecule has 0 radical (unpaired) electrons. The summed E-state index contributed by atoms with van der Waals surface area (Å²) in [4.78, 5) is 11.4. The van der Waals surface area contributed by atoms with Gasteiger partial charge < -0.3 is 15.8 Å². The van der Waals surface area contributed by atoms with Crippen molar-refractivity contribution in [3.8, 4) is 11.8 Å². The van der Waals surface area contributed by atoms with Gasteiger partial charge in [0.2, 0.25) is 0 Å². The minimum absolute atomic E-state index is 0.0127. The van der Waals surface area contributed by atoms with E-state index in [4.69, 9.17) is 10.5 Å². The Morgan fingerprint density at radius 2 is 1.83 bits per heavy atom. The number of carbonyl (C=O) groups excluding carboxylic acids is 1. The molecule has 0 unspecified atom stereocenters. The van der Waals surface area contributed by atoms with E-state index in [-0.39, 0.29) is 18.7 Å². The predicted octanol–water partition coefficient (Wildman–Crippen LogP) is 2.82. The summed E-state index contributed by atoms with van der Waals surface area (Å²) in [6.45, 7) is 0.135. The van der Waals surface area contributed by atoms with Gasteiger partial charge in [0.1, 0.15) is 23.9 Å². The summed E-state index contributed by atoms with van der Waals surface area (Å²) in [5, 5.41) is 2.42. The van der Waals surface area contributed by atoms with Crippen molar-refractivity contribution < 1.29 is 18.3 Å². The fraction of sp³-hybridized carbons (Fsp3) is 0.118.